The summed E-state index contributed by atoms with van der Waals surface area (Å²) in [5.74, 6) is -0.664. The Labute approximate surface area is 164 Å². The molecular formula is C20H28O8. The minimum absolute atomic E-state index is 0.0217. The quantitative estimate of drug-likeness (QED) is 0.193. The minimum Gasteiger partial charge on any atom is -0.473 e. The third-order valence-electron chi connectivity index (χ3n) is 4.02. The molecule has 0 amide bonds. The molecule has 8 nitrogen and oxygen atoms in total. The van der Waals surface area contributed by atoms with Gasteiger partial charge in [0.05, 0.1) is 23.3 Å². The Morgan fingerprint density at radius 3 is 2.43 bits per heavy atom. The van der Waals surface area contributed by atoms with Crippen LogP contribution in [0.25, 0.3) is 0 Å². The summed E-state index contributed by atoms with van der Waals surface area (Å²) in [4.78, 5) is 24.5. The molecule has 1 aromatic carbocycles. The molecule has 0 aliphatic heterocycles. The Morgan fingerprint density at radius 1 is 1.18 bits per heavy atom. The van der Waals surface area contributed by atoms with Crippen molar-refractivity contribution in [3.8, 4) is 5.75 Å². The van der Waals surface area contributed by atoms with E-state index in [0.29, 0.717) is 12.2 Å². The zero-order valence-electron chi connectivity index (χ0n) is 16.7. The number of allylic oxidation sites excluding steroid dienone is 1. The standard InChI is InChI=1S/C20H28O8/c1-6-20(4,5)19(24)28-14-7-8-15(17(21)22)16(11-14)18(23)26-10-9-25-12-27-13(2)3/h7-8,11,17,21-22H,2,6,9-10,12H2,1,3-5H3. The van der Waals surface area contributed by atoms with Crippen molar-refractivity contribution >= 4 is 11.9 Å². The fraction of sp³-hybridized carbons (Fsp3) is 0.500. The molecule has 0 aliphatic carbocycles. The second-order valence-corrected chi connectivity index (χ2v) is 6.76. The number of hydrogen-bond acceptors (Lipinski definition) is 8. The summed E-state index contributed by atoms with van der Waals surface area (Å²) in [7, 11) is 0. The van der Waals surface area contributed by atoms with Crippen LogP contribution in [0.1, 0.15) is 56.3 Å². The first-order valence-electron chi connectivity index (χ1n) is 8.84. The van der Waals surface area contributed by atoms with Gasteiger partial charge >= 0.3 is 11.9 Å². The van der Waals surface area contributed by atoms with E-state index in [-0.39, 0.29) is 36.9 Å². The summed E-state index contributed by atoms with van der Waals surface area (Å²) in [6, 6.07) is 3.92. The van der Waals surface area contributed by atoms with Crippen molar-refractivity contribution in [2.75, 3.05) is 20.0 Å². The van der Waals surface area contributed by atoms with Crippen molar-refractivity contribution in [3.63, 3.8) is 0 Å². The van der Waals surface area contributed by atoms with E-state index in [4.69, 9.17) is 18.9 Å². The third kappa shape index (κ3) is 7.30. The second kappa shape index (κ2) is 10.8. The van der Waals surface area contributed by atoms with E-state index in [9.17, 15) is 19.8 Å². The second-order valence-electron chi connectivity index (χ2n) is 6.76. The van der Waals surface area contributed by atoms with Crippen molar-refractivity contribution in [2.24, 2.45) is 5.41 Å². The summed E-state index contributed by atoms with van der Waals surface area (Å²) < 4.78 is 20.5. The molecule has 28 heavy (non-hydrogen) atoms. The van der Waals surface area contributed by atoms with E-state index in [1.807, 2.05) is 6.92 Å². The molecule has 0 heterocycles. The van der Waals surface area contributed by atoms with E-state index in [1.54, 1.807) is 20.8 Å². The molecule has 0 atom stereocenters. The maximum absolute atomic E-state index is 12.3. The molecule has 0 fully saturated rings. The number of esters is 2. The lowest BCUT2D eigenvalue weighted by molar-refractivity contribution is -0.144. The summed E-state index contributed by atoms with van der Waals surface area (Å²) in [5, 5.41) is 19.0. The van der Waals surface area contributed by atoms with Gasteiger partial charge in [-0.3, -0.25) is 4.79 Å². The summed E-state index contributed by atoms with van der Waals surface area (Å²) in [6.45, 7) is 10.5. The highest BCUT2D eigenvalue weighted by molar-refractivity contribution is 5.92. The molecule has 2 N–H and O–H groups in total. The van der Waals surface area contributed by atoms with Crippen molar-refractivity contribution in [1.82, 2.24) is 0 Å². The van der Waals surface area contributed by atoms with E-state index in [2.05, 4.69) is 6.58 Å². The fourth-order valence-electron chi connectivity index (χ4n) is 1.86. The molecule has 0 radical (unpaired) electrons. The molecule has 0 saturated carbocycles. The van der Waals surface area contributed by atoms with Gasteiger partial charge in [0.15, 0.2) is 13.1 Å². The highest BCUT2D eigenvalue weighted by atomic mass is 16.7. The number of carbonyl (C=O) groups excluding carboxylic acids is 2. The molecule has 0 aliphatic rings. The molecular weight excluding hydrogens is 368 g/mol. The Kier molecular flexibility index (Phi) is 9.11. The molecule has 0 saturated heterocycles. The average Bonchev–Trinajstić information content (AvgIpc) is 2.63. The summed E-state index contributed by atoms with van der Waals surface area (Å²) >= 11 is 0. The molecule has 1 aromatic rings. The van der Waals surface area contributed by atoms with Crippen LogP contribution in [-0.4, -0.2) is 42.2 Å². The van der Waals surface area contributed by atoms with Gasteiger partial charge in [-0.05, 0) is 45.4 Å². The molecule has 0 spiro atoms. The number of hydrogen-bond donors (Lipinski definition) is 2. The lowest BCUT2D eigenvalue weighted by atomic mass is 9.91. The maximum Gasteiger partial charge on any atom is 0.338 e. The first kappa shape index (κ1) is 23.6. The zero-order valence-corrected chi connectivity index (χ0v) is 16.7. The van der Waals surface area contributed by atoms with Gasteiger partial charge < -0.3 is 29.2 Å². The van der Waals surface area contributed by atoms with E-state index in [0.717, 1.165) is 0 Å². The number of aliphatic hydroxyl groups excluding tert-OH is 1. The number of carbonyl (C=O) groups is 2. The Bertz CT molecular complexity index is 693. The van der Waals surface area contributed by atoms with Gasteiger partial charge in [-0.25, -0.2) is 4.79 Å². The van der Waals surface area contributed by atoms with Crippen molar-refractivity contribution in [2.45, 2.75) is 40.4 Å². The van der Waals surface area contributed by atoms with Gasteiger partial charge in [-0.1, -0.05) is 13.5 Å². The van der Waals surface area contributed by atoms with Crippen LogP contribution in [0.4, 0.5) is 0 Å². The largest absolute Gasteiger partial charge is 0.473 e. The highest BCUT2D eigenvalue weighted by Gasteiger charge is 2.28. The molecule has 8 heteroatoms. The number of aliphatic hydroxyl groups is 2. The lowest BCUT2D eigenvalue weighted by Crippen LogP contribution is -2.28. The van der Waals surface area contributed by atoms with Crippen molar-refractivity contribution < 1.29 is 38.7 Å². The van der Waals surface area contributed by atoms with Crippen LogP contribution < -0.4 is 4.74 Å². The SMILES string of the molecule is C=C(C)OCOCCOC(=O)c1cc(OC(=O)C(C)(C)CC)ccc1C(O)O. The van der Waals surface area contributed by atoms with Gasteiger partial charge in [-0.15, -0.1) is 0 Å². The van der Waals surface area contributed by atoms with Crippen molar-refractivity contribution in [3.05, 3.63) is 41.7 Å². The van der Waals surface area contributed by atoms with Crippen LogP contribution in [0.15, 0.2) is 30.5 Å². The molecule has 0 unspecified atom stereocenters. The third-order valence-corrected chi connectivity index (χ3v) is 4.02. The van der Waals surface area contributed by atoms with Gasteiger partial charge in [0.2, 0.25) is 0 Å². The first-order chi connectivity index (χ1) is 13.1. The van der Waals surface area contributed by atoms with Crippen LogP contribution in [-0.2, 0) is 19.0 Å². The predicted octanol–water partition coefficient (Wildman–Crippen LogP) is 2.69. The number of ether oxygens (including phenoxy) is 4. The van der Waals surface area contributed by atoms with Crippen LogP contribution in [0.3, 0.4) is 0 Å². The van der Waals surface area contributed by atoms with E-state index < -0.39 is 23.6 Å². The molecule has 156 valence electrons. The average molecular weight is 396 g/mol. The predicted molar refractivity (Wildman–Crippen MR) is 100 cm³/mol. The van der Waals surface area contributed by atoms with E-state index >= 15 is 0 Å². The Balaban J connectivity index is 2.80. The lowest BCUT2D eigenvalue weighted by Gasteiger charge is -2.20. The van der Waals surface area contributed by atoms with Crippen LogP contribution in [0.2, 0.25) is 0 Å². The Hall–Kier alpha value is -2.42. The number of rotatable bonds is 11. The van der Waals surface area contributed by atoms with Crippen molar-refractivity contribution in [1.29, 1.82) is 0 Å². The van der Waals surface area contributed by atoms with E-state index in [1.165, 1.54) is 18.2 Å². The van der Waals surface area contributed by atoms with Gasteiger partial charge in [-0.2, -0.15) is 0 Å². The monoisotopic (exact) mass is 396 g/mol. The molecule has 0 aromatic heterocycles. The van der Waals surface area contributed by atoms with Gasteiger partial charge in [0, 0.05) is 5.56 Å². The zero-order chi connectivity index (χ0) is 21.3. The molecule has 0 bridgehead atoms. The first-order valence-corrected chi connectivity index (χ1v) is 8.84. The maximum atomic E-state index is 12.3. The van der Waals surface area contributed by atoms with Gasteiger partial charge in [0.1, 0.15) is 12.4 Å². The minimum atomic E-state index is -1.89. The van der Waals surface area contributed by atoms with Crippen LogP contribution >= 0.6 is 0 Å². The normalized spacial score (nSPS) is 11.2. The molecule has 1 rings (SSSR count). The Morgan fingerprint density at radius 2 is 1.86 bits per heavy atom. The summed E-state index contributed by atoms with van der Waals surface area (Å²) in [6.07, 6.45) is -1.32. The fourth-order valence-corrected chi connectivity index (χ4v) is 1.86. The highest BCUT2D eigenvalue weighted by Crippen LogP contribution is 2.27. The number of benzene rings is 1. The van der Waals surface area contributed by atoms with Crippen LogP contribution in [0.5, 0.6) is 5.75 Å². The smallest absolute Gasteiger partial charge is 0.338 e. The van der Waals surface area contributed by atoms with Crippen LogP contribution in [0, 0.1) is 5.41 Å². The summed E-state index contributed by atoms with van der Waals surface area (Å²) in [5.41, 5.74) is -0.877. The topological polar surface area (TPSA) is 112 Å². The van der Waals surface area contributed by atoms with Gasteiger partial charge in [0.25, 0.3) is 0 Å².